The fraction of sp³-hybridized carbons (Fsp3) is 0.320. The average Bonchev–Trinajstić information content (AvgIpc) is 3.51. The van der Waals surface area contributed by atoms with Gasteiger partial charge in [-0.15, -0.1) is 4.40 Å². The number of anilines is 1. The highest BCUT2D eigenvalue weighted by Crippen LogP contribution is 2.34. The van der Waals surface area contributed by atoms with Gasteiger partial charge in [-0.2, -0.15) is 13.5 Å². The lowest BCUT2D eigenvalue weighted by molar-refractivity contribution is -0.115. The van der Waals surface area contributed by atoms with Gasteiger partial charge in [-0.05, 0) is 36.6 Å². The Morgan fingerprint density at radius 2 is 1.97 bits per heavy atom. The smallest absolute Gasteiger partial charge is 0.284 e. The number of carbonyl (C=O) groups is 1. The van der Waals surface area contributed by atoms with Crippen molar-refractivity contribution in [3.8, 4) is 11.1 Å². The minimum absolute atomic E-state index is 0.00267. The Bertz CT molecular complexity index is 1340. The van der Waals surface area contributed by atoms with Crippen LogP contribution in [0.25, 0.3) is 11.1 Å². The van der Waals surface area contributed by atoms with Crippen LogP contribution in [0.15, 0.2) is 64.2 Å². The summed E-state index contributed by atoms with van der Waals surface area (Å²) in [5.41, 5.74) is 2.21. The first-order valence-corrected chi connectivity index (χ1v) is 13.2. The summed E-state index contributed by atoms with van der Waals surface area (Å²) in [5, 5.41) is 7.77. The predicted octanol–water partition coefficient (Wildman–Crippen LogP) is 4.78. The molecule has 1 aromatic heterocycles. The van der Waals surface area contributed by atoms with Crippen molar-refractivity contribution in [3.05, 3.63) is 65.4 Å². The van der Waals surface area contributed by atoms with Crippen molar-refractivity contribution in [2.45, 2.75) is 43.0 Å². The van der Waals surface area contributed by atoms with Gasteiger partial charge in [-0.3, -0.25) is 9.48 Å². The molecular formula is C25H28ClN5O3S. The molecule has 2 aromatic carbocycles. The van der Waals surface area contributed by atoms with Crippen molar-refractivity contribution in [2.75, 3.05) is 19.4 Å². The van der Waals surface area contributed by atoms with Gasteiger partial charge in [0.15, 0.2) is 0 Å². The molecule has 35 heavy (non-hydrogen) atoms. The summed E-state index contributed by atoms with van der Waals surface area (Å²) >= 11 is 6.17. The van der Waals surface area contributed by atoms with Gasteiger partial charge in [0.05, 0.1) is 23.6 Å². The SMILES string of the molecule is CN(C)C=NS(=O)(=O)c1cc(NC(=O)Cc2ccccc2Cl)ccc1-c1cnn(C2CCCC2)c1. The number of amides is 1. The van der Waals surface area contributed by atoms with E-state index in [0.29, 0.717) is 33.4 Å². The van der Waals surface area contributed by atoms with Gasteiger partial charge < -0.3 is 10.2 Å². The molecule has 1 aliphatic rings. The van der Waals surface area contributed by atoms with Crippen LogP contribution in [-0.4, -0.2) is 49.4 Å². The second-order valence-electron chi connectivity index (χ2n) is 8.83. The van der Waals surface area contributed by atoms with Gasteiger partial charge in [0.2, 0.25) is 5.91 Å². The number of sulfonamides is 1. The first-order valence-electron chi connectivity index (χ1n) is 11.4. The summed E-state index contributed by atoms with van der Waals surface area (Å²) in [6, 6.07) is 12.2. The highest BCUT2D eigenvalue weighted by atomic mass is 35.5. The third-order valence-corrected chi connectivity index (χ3v) is 7.51. The first kappa shape index (κ1) is 24.9. The molecule has 1 N–H and O–H groups in total. The second kappa shape index (κ2) is 10.6. The van der Waals surface area contributed by atoms with Gasteiger partial charge in [0, 0.05) is 42.1 Å². The highest BCUT2D eigenvalue weighted by Gasteiger charge is 2.23. The van der Waals surface area contributed by atoms with Crippen LogP contribution < -0.4 is 5.32 Å². The lowest BCUT2D eigenvalue weighted by atomic mass is 10.1. The van der Waals surface area contributed by atoms with Gasteiger partial charge in [0.1, 0.15) is 6.34 Å². The van der Waals surface area contributed by atoms with Crippen LogP contribution in [0, 0.1) is 0 Å². The topological polar surface area (TPSA) is 96.7 Å². The molecule has 184 valence electrons. The maximum absolute atomic E-state index is 13.2. The van der Waals surface area contributed by atoms with Crippen molar-refractivity contribution in [2.24, 2.45) is 4.40 Å². The molecule has 1 amide bonds. The van der Waals surface area contributed by atoms with Gasteiger partial charge in [-0.25, -0.2) is 0 Å². The van der Waals surface area contributed by atoms with E-state index in [2.05, 4.69) is 14.8 Å². The lowest BCUT2D eigenvalue weighted by Crippen LogP contribution is -2.15. The maximum Gasteiger partial charge on any atom is 0.284 e. The number of hydrogen-bond acceptors (Lipinski definition) is 4. The molecule has 0 saturated heterocycles. The van der Waals surface area contributed by atoms with E-state index < -0.39 is 10.0 Å². The van der Waals surface area contributed by atoms with E-state index in [4.69, 9.17) is 11.6 Å². The van der Waals surface area contributed by atoms with Crippen LogP contribution in [0.2, 0.25) is 5.02 Å². The van der Waals surface area contributed by atoms with E-state index in [-0.39, 0.29) is 17.2 Å². The Morgan fingerprint density at radius 1 is 1.23 bits per heavy atom. The van der Waals surface area contributed by atoms with Crippen molar-refractivity contribution in [1.29, 1.82) is 0 Å². The third-order valence-electron chi connectivity index (χ3n) is 5.88. The molecule has 1 aliphatic carbocycles. The minimum atomic E-state index is -4.05. The van der Waals surface area contributed by atoms with E-state index in [9.17, 15) is 13.2 Å². The first-order chi connectivity index (χ1) is 16.7. The number of aromatic nitrogens is 2. The molecule has 0 spiro atoms. The number of nitrogens with zero attached hydrogens (tertiary/aromatic N) is 4. The number of benzene rings is 2. The van der Waals surface area contributed by atoms with Crippen molar-refractivity contribution in [3.63, 3.8) is 0 Å². The standard InChI is InChI=1S/C25H28ClN5O3S/c1-30(2)17-28-35(33,34)24-14-20(29-25(32)13-18-7-3-6-10-23(18)26)11-12-22(24)19-15-27-31(16-19)21-8-4-5-9-21/h3,6-7,10-12,14-17,21H,4-5,8-9,13H2,1-2H3,(H,29,32). The van der Waals surface area contributed by atoms with Crippen LogP contribution in [0.3, 0.4) is 0 Å². The number of hydrogen-bond donors (Lipinski definition) is 1. The van der Waals surface area contributed by atoms with E-state index in [1.165, 1.54) is 25.2 Å². The molecule has 4 rings (SSSR count). The van der Waals surface area contributed by atoms with Crippen LogP contribution in [0.5, 0.6) is 0 Å². The summed E-state index contributed by atoms with van der Waals surface area (Å²) in [6.45, 7) is 0. The van der Waals surface area contributed by atoms with E-state index in [1.54, 1.807) is 55.5 Å². The molecule has 3 aromatic rings. The second-order valence-corrected chi connectivity index (χ2v) is 10.8. The Labute approximate surface area is 210 Å². The number of rotatable bonds is 8. The molecule has 8 nitrogen and oxygen atoms in total. The molecular weight excluding hydrogens is 486 g/mol. The zero-order valence-corrected chi connectivity index (χ0v) is 21.3. The monoisotopic (exact) mass is 513 g/mol. The molecule has 0 bridgehead atoms. The fourth-order valence-electron chi connectivity index (χ4n) is 4.13. The summed E-state index contributed by atoms with van der Waals surface area (Å²) in [5.74, 6) is -0.306. The molecule has 0 atom stereocenters. The molecule has 0 aliphatic heterocycles. The van der Waals surface area contributed by atoms with Crippen LogP contribution in [0.1, 0.15) is 37.3 Å². The van der Waals surface area contributed by atoms with E-state index >= 15 is 0 Å². The molecule has 1 fully saturated rings. The molecule has 0 unspecified atom stereocenters. The Hall–Kier alpha value is -3.17. The number of nitrogens with one attached hydrogen (secondary N) is 1. The fourth-order valence-corrected chi connectivity index (χ4v) is 5.50. The van der Waals surface area contributed by atoms with E-state index in [0.717, 1.165) is 12.8 Å². The maximum atomic E-state index is 13.2. The summed E-state index contributed by atoms with van der Waals surface area (Å²) in [6.07, 6.45) is 9.34. The Kier molecular flexibility index (Phi) is 7.57. The lowest BCUT2D eigenvalue weighted by Gasteiger charge is -2.12. The van der Waals surface area contributed by atoms with Crippen LogP contribution in [0.4, 0.5) is 5.69 Å². The van der Waals surface area contributed by atoms with Gasteiger partial charge >= 0.3 is 0 Å². The zero-order valence-electron chi connectivity index (χ0n) is 19.7. The average molecular weight is 514 g/mol. The molecule has 1 heterocycles. The van der Waals surface area contributed by atoms with E-state index in [1.807, 2.05) is 16.9 Å². The normalized spacial score (nSPS) is 14.5. The quantitative estimate of drug-likeness (QED) is 0.345. The van der Waals surface area contributed by atoms with Crippen molar-refractivity contribution in [1.82, 2.24) is 14.7 Å². The predicted molar refractivity (Wildman–Crippen MR) is 138 cm³/mol. The van der Waals surface area contributed by atoms with Crippen LogP contribution >= 0.6 is 11.6 Å². The summed E-state index contributed by atoms with van der Waals surface area (Å²) < 4.78 is 32.1. The van der Waals surface area contributed by atoms with Crippen molar-refractivity contribution >= 4 is 39.6 Å². The zero-order chi connectivity index (χ0) is 25.0. The highest BCUT2D eigenvalue weighted by molar-refractivity contribution is 7.90. The summed E-state index contributed by atoms with van der Waals surface area (Å²) in [4.78, 5) is 14.2. The molecule has 10 heteroatoms. The molecule has 0 radical (unpaired) electrons. The van der Waals surface area contributed by atoms with Crippen LogP contribution in [-0.2, 0) is 21.2 Å². The van der Waals surface area contributed by atoms with Crippen molar-refractivity contribution < 1.29 is 13.2 Å². The Morgan fingerprint density at radius 3 is 2.69 bits per heavy atom. The largest absolute Gasteiger partial charge is 0.368 e. The minimum Gasteiger partial charge on any atom is -0.368 e. The van der Waals surface area contributed by atoms with Gasteiger partial charge in [0.25, 0.3) is 10.0 Å². The Balaban J connectivity index is 1.66. The number of halogens is 1. The number of carbonyl (C=O) groups excluding carboxylic acids is 1. The third kappa shape index (κ3) is 6.10. The molecule has 1 saturated carbocycles. The van der Waals surface area contributed by atoms with Gasteiger partial charge in [-0.1, -0.05) is 48.7 Å². The summed E-state index contributed by atoms with van der Waals surface area (Å²) in [7, 11) is -0.667.